The van der Waals surface area contributed by atoms with E-state index in [0.29, 0.717) is 12.0 Å². The fraction of sp³-hybridized carbons (Fsp3) is 0.600. The van der Waals surface area contributed by atoms with Gasteiger partial charge in [0.15, 0.2) is 0 Å². The Morgan fingerprint density at radius 1 is 1.17 bits per heavy atom. The Labute approximate surface area is 107 Å². The standard InChI is InChI=1S/C15H19F2N/c1-10-4-5-15(10,9-18-14-2-3-14)11-6-12(16)8-13(17)7-11/h6-8,10,14,18H,2-5,9H2,1H3. The predicted octanol–water partition coefficient (Wildman–Crippen LogP) is 3.38. The summed E-state index contributed by atoms with van der Waals surface area (Å²) in [7, 11) is 0. The molecule has 0 amide bonds. The highest BCUT2D eigenvalue weighted by Crippen LogP contribution is 2.48. The Kier molecular flexibility index (Phi) is 2.89. The average Bonchev–Trinajstić information content (AvgIpc) is 3.10. The zero-order valence-electron chi connectivity index (χ0n) is 10.7. The van der Waals surface area contributed by atoms with E-state index in [1.807, 2.05) is 0 Å². The van der Waals surface area contributed by atoms with Gasteiger partial charge in [-0.1, -0.05) is 6.92 Å². The van der Waals surface area contributed by atoms with Crippen molar-refractivity contribution in [1.29, 1.82) is 0 Å². The third-order valence-corrected chi connectivity index (χ3v) is 4.69. The minimum absolute atomic E-state index is 0.0640. The van der Waals surface area contributed by atoms with E-state index in [9.17, 15) is 8.78 Å². The topological polar surface area (TPSA) is 12.0 Å². The maximum absolute atomic E-state index is 13.4. The second-order valence-electron chi connectivity index (χ2n) is 5.91. The Bertz CT molecular complexity index is 436. The molecular formula is C15H19F2N. The van der Waals surface area contributed by atoms with E-state index >= 15 is 0 Å². The summed E-state index contributed by atoms with van der Waals surface area (Å²) in [5.74, 6) is -0.435. The molecule has 18 heavy (non-hydrogen) atoms. The largest absolute Gasteiger partial charge is 0.313 e. The molecule has 0 radical (unpaired) electrons. The molecule has 2 saturated carbocycles. The van der Waals surface area contributed by atoms with Crippen LogP contribution in [0.3, 0.4) is 0 Å². The van der Waals surface area contributed by atoms with Gasteiger partial charge in [-0.3, -0.25) is 0 Å². The molecule has 0 heterocycles. The molecule has 0 aromatic heterocycles. The molecule has 0 saturated heterocycles. The highest BCUT2D eigenvalue weighted by Gasteiger charge is 2.46. The van der Waals surface area contributed by atoms with E-state index in [1.54, 1.807) is 0 Å². The lowest BCUT2D eigenvalue weighted by Gasteiger charge is -2.49. The Morgan fingerprint density at radius 3 is 2.28 bits per heavy atom. The first-order chi connectivity index (χ1) is 8.60. The van der Waals surface area contributed by atoms with Crippen LogP contribution in [-0.4, -0.2) is 12.6 Å². The molecule has 0 spiro atoms. The van der Waals surface area contributed by atoms with Crippen molar-refractivity contribution in [3.63, 3.8) is 0 Å². The van der Waals surface area contributed by atoms with E-state index in [2.05, 4.69) is 12.2 Å². The van der Waals surface area contributed by atoms with E-state index in [-0.39, 0.29) is 5.41 Å². The summed E-state index contributed by atoms with van der Waals surface area (Å²) < 4.78 is 26.8. The summed E-state index contributed by atoms with van der Waals surface area (Å²) in [6, 6.07) is 4.60. The van der Waals surface area contributed by atoms with E-state index in [4.69, 9.17) is 0 Å². The molecule has 2 unspecified atom stereocenters. The van der Waals surface area contributed by atoms with Gasteiger partial charge in [0.25, 0.3) is 0 Å². The third-order valence-electron chi connectivity index (χ3n) is 4.69. The van der Waals surface area contributed by atoms with Crippen molar-refractivity contribution in [2.45, 2.75) is 44.1 Å². The van der Waals surface area contributed by atoms with Crippen LogP contribution in [-0.2, 0) is 5.41 Å². The molecule has 2 fully saturated rings. The van der Waals surface area contributed by atoms with Crippen LogP contribution in [0, 0.1) is 17.6 Å². The molecule has 98 valence electrons. The van der Waals surface area contributed by atoms with E-state index in [1.165, 1.54) is 25.0 Å². The van der Waals surface area contributed by atoms with Crippen molar-refractivity contribution in [2.24, 2.45) is 5.92 Å². The van der Waals surface area contributed by atoms with Crippen molar-refractivity contribution in [3.05, 3.63) is 35.4 Å². The molecule has 1 aromatic carbocycles. The minimum atomic E-state index is -0.463. The van der Waals surface area contributed by atoms with Crippen LogP contribution in [0.2, 0.25) is 0 Å². The maximum atomic E-state index is 13.4. The number of nitrogens with one attached hydrogen (secondary N) is 1. The summed E-state index contributed by atoms with van der Waals surface area (Å²) in [5, 5.41) is 3.52. The highest BCUT2D eigenvalue weighted by molar-refractivity contribution is 5.31. The number of halogens is 2. The first kappa shape index (κ1) is 12.1. The molecule has 2 aliphatic rings. The van der Waals surface area contributed by atoms with Gasteiger partial charge in [-0.2, -0.15) is 0 Å². The fourth-order valence-corrected chi connectivity index (χ4v) is 3.03. The molecule has 0 aliphatic heterocycles. The van der Waals surface area contributed by atoms with Crippen molar-refractivity contribution >= 4 is 0 Å². The molecule has 1 aromatic rings. The number of benzene rings is 1. The molecule has 3 rings (SSSR count). The van der Waals surface area contributed by atoms with Gasteiger partial charge in [-0.15, -0.1) is 0 Å². The van der Waals surface area contributed by atoms with Crippen LogP contribution in [0.15, 0.2) is 18.2 Å². The molecule has 1 nitrogen and oxygen atoms in total. The Morgan fingerprint density at radius 2 is 1.83 bits per heavy atom. The van der Waals surface area contributed by atoms with Gasteiger partial charge in [-0.05, 0) is 49.3 Å². The van der Waals surface area contributed by atoms with E-state index < -0.39 is 11.6 Å². The van der Waals surface area contributed by atoms with Crippen LogP contribution in [0.1, 0.15) is 38.2 Å². The zero-order valence-corrected chi connectivity index (χ0v) is 10.7. The molecule has 0 bridgehead atoms. The number of hydrogen-bond acceptors (Lipinski definition) is 1. The van der Waals surface area contributed by atoms with Crippen molar-refractivity contribution in [2.75, 3.05) is 6.54 Å². The lowest BCUT2D eigenvalue weighted by atomic mass is 9.57. The highest BCUT2D eigenvalue weighted by atomic mass is 19.1. The lowest BCUT2D eigenvalue weighted by molar-refractivity contribution is 0.133. The summed E-state index contributed by atoms with van der Waals surface area (Å²) in [4.78, 5) is 0. The monoisotopic (exact) mass is 251 g/mol. The van der Waals surface area contributed by atoms with Crippen molar-refractivity contribution in [3.8, 4) is 0 Å². The summed E-state index contributed by atoms with van der Waals surface area (Å²) in [6.07, 6.45) is 4.64. The third kappa shape index (κ3) is 2.05. The van der Waals surface area contributed by atoms with Gasteiger partial charge in [0.2, 0.25) is 0 Å². The first-order valence-electron chi connectivity index (χ1n) is 6.80. The molecule has 3 heteroatoms. The maximum Gasteiger partial charge on any atom is 0.126 e. The van der Waals surface area contributed by atoms with Crippen molar-refractivity contribution < 1.29 is 8.78 Å². The fourth-order valence-electron chi connectivity index (χ4n) is 3.03. The molecule has 1 N–H and O–H groups in total. The second-order valence-corrected chi connectivity index (χ2v) is 5.91. The normalized spacial score (nSPS) is 31.2. The van der Waals surface area contributed by atoms with Gasteiger partial charge in [0.1, 0.15) is 11.6 Å². The first-order valence-corrected chi connectivity index (χ1v) is 6.80. The quantitative estimate of drug-likeness (QED) is 0.865. The van der Waals surface area contributed by atoms with Crippen molar-refractivity contribution in [1.82, 2.24) is 5.32 Å². The Balaban J connectivity index is 1.87. The summed E-state index contributed by atoms with van der Waals surface area (Å²) in [5.41, 5.74) is 0.762. The lowest BCUT2D eigenvalue weighted by Crippen LogP contribution is -2.50. The van der Waals surface area contributed by atoms with E-state index in [0.717, 1.165) is 31.0 Å². The van der Waals surface area contributed by atoms with Gasteiger partial charge in [0, 0.05) is 24.1 Å². The van der Waals surface area contributed by atoms with Crippen LogP contribution < -0.4 is 5.32 Å². The summed E-state index contributed by atoms with van der Waals surface area (Å²) >= 11 is 0. The van der Waals surface area contributed by atoms with Gasteiger partial charge >= 0.3 is 0 Å². The predicted molar refractivity (Wildman–Crippen MR) is 67.5 cm³/mol. The van der Waals surface area contributed by atoms with Crippen LogP contribution in [0.5, 0.6) is 0 Å². The van der Waals surface area contributed by atoms with Crippen LogP contribution >= 0.6 is 0 Å². The Hall–Kier alpha value is -0.960. The zero-order chi connectivity index (χ0) is 12.8. The smallest absolute Gasteiger partial charge is 0.126 e. The van der Waals surface area contributed by atoms with Gasteiger partial charge in [-0.25, -0.2) is 8.78 Å². The van der Waals surface area contributed by atoms with Gasteiger partial charge in [0.05, 0.1) is 0 Å². The van der Waals surface area contributed by atoms with Crippen LogP contribution in [0.4, 0.5) is 8.78 Å². The molecule has 2 atom stereocenters. The average molecular weight is 251 g/mol. The van der Waals surface area contributed by atoms with Gasteiger partial charge < -0.3 is 5.32 Å². The minimum Gasteiger partial charge on any atom is -0.313 e. The second kappa shape index (κ2) is 4.30. The SMILES string of the molecule is CC1CCC1(CNC1CC1)c1cc(F)cc(F)c1. The molecule has 2 aliphatic carbocycles. The number of hydrogen-bond donors (Lipinski definition) is 1. The van der Waals surface area contributed by atoms with Crippen LogP contribution in [0.25, 0.3) is 0 Å². The summed E-state index contributed by atoms with van der Waals surface area (Å²) in [6.45, 7) is 3.03. The number of rotatable bonds is 4. The molecular weight excluding hydrogens is 232 g/mol.